The highest BCUT2D eigenvalue weighted by Crippen LogP contribution is 2.33. The van der Waals surface area contributed by atoms with Crippen molar-refractivity contribution in [1.29, 1.82) is 0 Å². The molecule has 1 saturated heterocycles. The number of nitrogens with one attached hydrogen (secondary N) is 2. The highest BCUT2D eigenvalue weighted by atomic mass is 16.5. The topological polar surface area (TPSA) is 89.1 Å². The van der Waals surface area contributed by atoms with E-state index in [2.05, 4.69) is 20.5 Å². The minimum absolute atomic E-state index is 0.0917. The number of carbonyl (C=O) groups is 1. The first-order valence-electron chi connectivity index (χ1n) is 7.05. The lowest BCUT2D eigenvalue weighted by Gasteiger charge is -2.33. The molecule has 2 N–H and O–H groups in total. The normalized spacial score (nSPS) is 32.9. The van der Waals surface area contributed by atoms with Gasteiger partial charge in [0, 0.05) is 32.1 Å². The molecule has 1 aromatic rings. The maximum Gasteiger partial charge on any atom is 0.223 e. The van der Waals surface area contributed by atoms with E-state index in [1.54, 1.807) is 7.11 Å². The van der Waals surface area contributed by atoms with Crippen LogP contribution in [-0.4, -0.2) is 47.5 Å². The largest absolute Gasteiger partial charge is 0.381 e. The number of hydrogen-bond donors (Lipinski definition) is 2. The maximum absolute atomic E-state index is 12.0. The molecule has 20 heavy (non-hydrogen) atoms. The van der Waals surface area contributed by atoms with Gasteiger partial charge in [0.2, 0.25) is 5.91 Å². The van der Waals surface area contributed by atoms with Gasteiger partial charge in [-0.15, -0.1) is 0 Å². The van der Waals surface area contributed by atoms with Crippen LogP contribution in [0.25, 0.3) is 0 Å². The van der Waals surface area contributed by atoms with Crippen LogP contribution in [-0.2, 0) is 14.3 Å². The Hall–Kier alpha value is -1.47. The molecule has 0 spiro atoms. The second kappa shape index (κ2) is 5.88. The molecule has 2 aliphatic rings. The number of H-pyrrole nitrogens is 1. The van der Waals surface area contributed by atoms with Crippen LogP contribution in [0.15, 0.2) is 6.33 Å². The summed E-state index contributed by atoms with van der Waals surface area (Å²) >= 11 is 0. The molecule has 1 aliphatic carbocycles. The predicted molar refractivity (Wildman–Crippen MR) is 69.7 cm³/mol. The fourth-order valence-corrected chi connectivity index (χ4v) is 2.85. The van der Waals surface area contributed by atoms with Gasteiger partial charge in [0.05, 0.1) is 6.10 Å². The van der Waals surface area contributed by atoms with Crippen LogP contribution in [0.5, 0.6) is 0 Å². The average Bonchev–Trinajstić information content (AvgIpc) is 3.05. The summed E-state index contributed by atoms with van der Waals surface area (Å²) in [6.45, 7) is 1.32. The van der Waals surface area contributed by atoms with Gasteiger partial charge in [0.1, 0.15) is 12.4 Å². The molecule has 3 rings (SSSR count). The Morgan fingerprint density at radius 3 is 3.15 bits per heavy atom. The molecule has 0 radical (unpaired) electrons. The quantitative estimate of drug-likeness (QED) is 0.816. The molecule has 7 nitrogen and oxygen atoms in total. The molecular weight excluding hydrogens is 260 g/mol. The van der Waals surface area contributed by atoms with Gasteiger partial charge in [-0.2, -0.15) is 5.10 Å². The number of nitrogens with zero attached hydrogens (tertiary/aromatic N) is 2. The summed E-state index contributed by atoms with van der Waals surface area (Å²) < 4.78 is 10.9. The molecule has 1 saturated carbocycles. The molecule has 2 fully saturated rings. The molecule has 0 bridgehead atoms. The number of carbonyl (C=O) groups excluding carboxylic acids is 1. The van der Waals surface area contributed by atoms with Gasteiger partial charge in [-0.05, 0) is 19.3 Å². The highest BCUT2D eigenvalue weighted by Gasteiger charge is 2.36. The lowest BCUT2D eigenvalue weighted by Crippen LogP contribution is -2.43. The van der Waals surface area contributed by atoms with E-state index in [1.165, 1.54) is 6.33 Å². The van der Waals surface area contributed by atoms with Crippen molar-refractivity contribution in [3.05, 3.63) is 12.2 Å². The Labute approximate surface area is 117 Å². The summed E-state index contributed by atoms with van der Waals surface area (Å²) in [7, 11) is 1.69. The summed E-state index contributed by atoms with van der Waals surface area (Å²) in [6, 6.07) is 0. The Morgan fingerprint density at radius 2 is 2.45 bits per heavy atom. The van der Waals surface area contributed by atoms with Gasteiger partial charge in [-0.1, -0.05) is 0 Å². The first-order chi connectivity index (χ1) is 9.78. The second-order valence-corrected chi connectivity index (χ2v) is 5.48. The summed E-state index contributed by atoms with van der Waals surface area (Å²) in [6.07, 6.45) is 4.22. The molecule has 1 aliphatic heterocycles. The van der Waals surface area contributed by atoms with Crippen LogP contribution >= 0.6 is 0 Å². The number of amides is 1. The monoisotopic (exact) mass is 280 g/mol. The Balaban J connectivity index is 1.47. The summed E-state index contributed by atoms with van der Waals surface area (Å²) in [5.41, 5.74) is 0. The van der Waals surface area contributed by atoms with E-state index >= 15 is 0 Å². The van der Waals surface area contributed by atoms with Crippen molar-refractivity contribution in [2.24, 2.45) is 11.8 Å². The number of hydrogen-bond acceptors (Lipinski definition) is 5. The number of rotatable bonds is 5. The van der Waals surface area contributed by atoms with Crippen molar-refractivity contribution in [3.63, 3.8) is 0 Å². The van der Waals surface area contributed by atoms with Gasteiger partial charge in [-0.3, -0.25) is 9.89 Å². The zero-order chi connectivity index (χ0) is 13.9. The van der Waals surface area contributed by atoms with Crippen molar-refractivity contribution >= 4 is 5.91 Å². The molecule has 1 amide bonds. The van der Waals surface area contributed by atoms with Crippen LogP contribution in [0.1, 0.15) is 31.2 Å². The maximum atomic E-state index is 12.0. The number of methoxy groups -OCH3 is 1. The van der Waals surface area contributed by atoms with Crippen LogP contribution in [0.2, 0.25) is 0 Å². The zero-order valence-corrected chi connectivity index (χ0v) is 11.5. The van der Waals surface area contributed by atoms with Crippen molar-refractivity contribution < 1.29 is 14.3 Å². The van der Waals surface area contributed by atoms with Gasteiger partial charge in [0.15, 0.2) is 5.82 Å². The molecule has 7 heteroatoms. The van der Waals surface area contributed by atoms with E-state index in [-0.39, 0.29) is 30.0 Å². The van der Waals surface area contributed by atoms with Gasteiger partial charge in [0.25, 0.3) is 0 Å². The smallest absolute Gasteiger partial charge is 0.223 e. The van der Waals surface area contributed by atoms with Gasteiger partial charge < -0.3 is 14.8 Å². The SMILES string of the molecule is COC1CC(C(=O)NC[C@@H]2CCO[C@@H]2c2ncn[nH]2)C1. The van der Waals surface area contributed by atoms with E-state index in [0.29, 0.717) is 13.2 Å². The van der Waals surface area contributed by atoms with E-state index in [4.69, 9.17) is 9.47 Å². The minimum Gasteiger partial charge on any atom is -0.381 e. The Kier molecular flexibility index (Phi) is 3.98. The van der Waals surface area contributed by atoms with E-state index in [0.717, 1.165) is 25.1 Å². The third-order valence-electron chi connectivity index (χ3n) is 4.25. The predicted octanol–water partition coefficient (Wildman–Crippen LogP) is 0.423. The molecule has 1 aromatic heterocycles. The van der Waals surface area contributed by atoms with E-state index in [9.17, 15) is 4.79 Å². The van der Waals surface area contributed by atoms with Crippen LogP contribution in [0.3, 0.4) is 0 Å². The van der Waals surface area contributed by atoms with Crippen molar-refractivity contribution in [3.8, 4) is 0 Å². The molecule has 110 valence electrons. The molecule has 0 unspecified atom stereocenters. The third-order valence-corrected chi connectivity index (χ3v) is 4.25. The summed E-state index contributed by atoms with van der Waals surface area (Å²) in [4.78, 5) is 16.1. The zero-order valence-electron chi connectivity index (χ0n) is 11.5. The van der Waals surface area contributed by atoms with Crippen LogP contribution in [0.4, 0.5) is 0 Å². The minimum atomic E-state index is -0.0917. The number of aromatic nitrogens is 3. The van der Waals surface area contributed by atoms with E-state index in [1.807, 2.05) is 0 Å². The van der Waals surface area contributed by atoms with Crippen molar-refractivity contribution in [1.82, 2.24) is 20.5 Å². The van der Waals surface area contributed by atoms with Crippen LogP contribution in [0, 0.1) is 11.8 Å². The Morgan fingerprint density at radius 1 is 1.60 bits per heavy atom. The fourth-order valence-electron chi connectivity index (χ4n) is 2.85. The molecular formula is C13H20N4O3. The number of ether oxygens (including phenoxy) is 2. The van der Waals surface area contributed by atoms with Crippen molar-refractivity contribution in [2.45, 2.75) is 31.5 Å². The first-order valence-corrected chi connectivity index (χ1v) is 7.05. The molecule has 2 atom stereocenters. The fraction of sp³-hybridized carbons (Fsp3) is 0.769. The number of aromatic amines is 1. The van der Waals surface area contributed by atoms with Crippen molar-refractivity contribution in [2.75, 3.05) is 20.3 Å². The lowest BCUT2D eigenvalue weighted by molar-refractivity contribution is -0.132. The van der Waals surface area contributed by atoms with Gasteiger partial charge >= 0.3 is 0 Å². The third kappa shape index (κ3) is 2.69. The molecule has 0 aromatic carbocycles. The first kappa shape index (κ1) is 13.5. The highest BCUT2D eigenvalue weighted by molar-refractivity contribution is 5.79. The molecule has 2 heterocycles. The van der Waals surface area contributed by atoms with Crippen LogP contribution < -0.4 is 5.32 Å². The summed E-state index contributed by atoms with van der Waals surface area (Å²) in [5, 5.41) is 9.71. The summed E-state index contributed by atoms with van der Waals surface area (Å²) in [5.74, 6) is 1.22. The van der Waals surface area contributed by atoms with E-state index < -0.39 is 0 Å². The second-order valence-electron chi connectivity index (χ2n) is 5.48. The lowest BCUT2D eigenvalue weighted by atomic mass is 9.81. The average molecular weight is 280 g/mol. The standard InChI is InChI=1S/C13H20N4O3/c1-19-10-4-9(5-10)13(18)14-6-8-2-3-20-11(8)12-15-7-16-17-12/h7-11H,2-6H2,1H3,(H,14,18)(H,15,16,17)/t8-,9?,10?,11-/m0/s1. The Bertz CT molecular complexity index is 444. The van der Waals surface area contributed by atoms with Gasteiger partial charge in [-0.25, -0.2) is 4.98 Å².